The van der Waals surface area contributed by atoms with Crippen molar-refractivity contribution in [2.75, 3.05) is 11.9 Å². The Labute approximate surface area is 183 Å². The molecule has 7 nitrogen and oxygen atoms in total. The summed E-state index contributed by atoms with van der Waals surface area (Å²) in [5, 5.41) is 6.05. The summed E-state index contributed by atoms with van der Waals surface area (Å²) in [6.07, 6.45) is 2.18. The van der Waals surface area contributed by atoms with E-state index in [1.54, 1.807) is 44.2 Å². The molecule has 3 rings (SSSR count). The first-order chi connectivity index (χ1) is 14.8. The Bertz CT molecular complexity index is 1130. The summed E-state index contributed by atoms with van der Waals surface area (Å²) >= 11 is 5.75. The lowest BCUT2D eigenvalue weighted by Crippen LogP contribution is -2.46. The number of amides is 3. The van der Waals surface area contributed by atoms with Crippen LogP contribution in [0.3, 0.4) is 0 Å². The molecule has 9 heteroatoms. The van der Waals surface area contributed by atoms with E-state index in [1.165, 1.54) is 27.8 Å². The number of benzene rings is 2. The van der Waals surface area contributed by atoms with Gasteiger partial charge in [-0.2, -0.15) is 0 Å². The summed E-state index contributed by atoms with van der Waals surface area (Å²) in [6.45, 7) is 3.28. The van der Waals surface area contributed by atoms with Crippen molar-refractivity contribution >= 4 is 46.5 Å². The van der Waals surface area contributed by atoms with Crippen LogP contribution in [-0.2, 0) is 16.1 Å². The molecule has 0 radical (unpaired) electrons. The van der Waals surface area contributed by atoms with Gasteiger partial charge in [0.15, 0.2) is 0 Å². The molecule has 1 heterocycles. The summed E-state index contributed by atoms with van der Waals surface area (Å²) in [5.41, 5.74) is 1.37. The van der Waals surface area contributed by atoms with Gasteiger partial charge in [0, 0.05) is 29.7 Å². The maximum absolute atomic E-state index is 14.0. The maximum atomic E-state index is 14.0. The maximum Gasteiger partial charge on any atom is 0.322 e. The first kappa shape index (κ1) is 22.3. The highest BCUT2D eigenvalue weighted by atomic mass is 35.5. The van der Waals surface area contributed by atoms with Gasteiger partial charge in [-0.3, -0.25) is 14.2 Å². The van der Waals surface area contributed by atoms with Crippen LogP contribution < -0.4 is 10.6 Å². The Morgan fingerprint density at radius 3 is 2.65 bits per heavy atom. The van der Waals surface area contributed by atoms with E-state index in [9.17, 15) is 18.8 Å². The zero-order valence-corrected chi connectivity index (χ0v) is 17.8. The summed E-state index contributed by atoms with van der Waals surface area (Å²) in [4.78, 5) is 37.9. The van der Waals surface area contributed by atoms with Crippen molar-refractivity contribution in [2.24, 2.45) is 0 Å². The van der Waals surface area contributed by atoms with Gasteiger partial charge in [0.1, 0.15) is 12.4 Å². The zero-order chi connectivity index (χ0) is 22.5. The van der Waals surface area contributed by atoms with Crippen molar-refractivity contribution in [3.8, 4) is 0 Å². The second-order valence-electron chi connectivity index (χ2n) is 7.21. The molecule has 3 amide bonds. The van der Waals surface area contributed by atoms with E-state index in [4.69, 9.17) is 11.6 Å². The van der Waals surface area contributed by atoms with Gasteiger partial charge in [0.25, 0.3) is 0 Å². The lowest BCUT2D eigenvalue weighted by molar-refractivity contribution is -0.122. The van der Waals surface area contributed by atoms with Crippen LogP contribution in [0, 0.1) is 5.82 Å². The smallest absolute Gasteiger partial charge is 0.322 e. The van der Waals surface area contributed by atoms with Crippen molar-refractivity contribution in [2.45, 2.75) is 26.4 Å². The number of fused-ring (bicyclic) bond motifs is 1. The van der Waals surface area contributed by atoms with Crippen LogP contribution in [0.2, 0.25) is 5.02 Å². The average molecular weight is 445 g/mol. The van der Waals surface area contributed by atoms with Crippen LogP contribution in [0.5, 0.6) is 0 Å². The fourth-order valence-electron chi connectivity index (χ4n) is 3.16. The van der Waals surface area contributed by atoms with Crippen LogP contribution in [0.4, 0.5) is 14.9 Å². The lowest BCUT2D eigenvalue weighted by atomic mass is 10.2. The number of urea groups is 1. The molecule has 0 aliphatic carbocycles. The zero-order valence-electron chi connectivity index (χ0n) is 17.1. The molecular formula is C22H22ClFN4O3. The molecule has 0 spiro atoms. The predicted octanol–water partition coefficient (Wildman–Crippen LogP) is 4.03. The van der Waals surface area contributed by atoms with Crippen molar-refractivity contribution in [3.05, 3.63) is 65.1 Å². The third-order valence-corrected chi connectivity index (χ3v) is 5.09. The summed E-state index contributed by atoms with van der Waals surface area (Å²) in [7, 11) is 0. The minimum atomic E-state index is -0.588. The summed E-state index contributed by atoms with van der Waals surface area (Å²) < 4.78 is 15.4. The SMILES string of the molecule is CC(C)N(CC(=O)NCc1cccc(Cl)c1F)C(=O)Nc1cn(C=O)c2ccccc12. The molecule has 0 atom stereocenters. The van der Waals surface area contributed by atoms with Gasteiger partial charge in [-0.1, -0.05) is 41.9 Å². The number of hydrogen-bond acceptors (Lipinski definition) is 3. The molecule has 0 fully saturated rings. The van der Waals surface area contributed by atoms with Crippen LogP contribution in [0.15, 0.2) is 48.7 Å². The number of rotatable bonds is 7. The van der Waals surface area contributed by atoms with Crippen LogP contribution in [-0.4, -0.2) is 40.4 Å². The molecular weight excluding hydrogens is 423 g/mol. The van der Waals surface area contributed by atoms with Crippen LogP contribution >= 0.6 is 11.6 Å². The number of nitrogens with zero attached hydrogens (tertiary/aromatic N) is 2. The van der Waals surface area contributed by atoms with Gasteiger partial charge in [-0.05, 0) is 26.0 Å². The predicted molar refractivity (Wildman–Crippen MR) is 118 cm³/mol. The second-order valence-corrected chi connectivity index (χ2v) is 7.62. The molecule has 2 N–H and O–H groups in total. The Hall–Kier alpha value is -3.39. The number of carbonyl (C=O) groups is 3. The number of hydrogen-bond donors (Lipinski definition) is 2. The van der Waals surface area contributed by atoms with E-state index in [1.807, 2.05) is 0 Å². The lowest BCUT2D eigenvalue weighted by Gasteiger charge is -2.26. The fourth-order valence-corrected chi connectivity index (χ4v) is 3.35. The average Bonchev–Trinajstić information content (AvgIpc) is 3.10. The van der Waals surface area contributed by atoms with E-state index >= 15 is 0 Å². The normalized spacial score (nSPS) is 10.9. The highest BCUT2D eigenvalue weighted by Gasteiger charge is 2.22. The van der Waals surface area contributed by atoms with E-state index in [0.29, 0.717) is 23.0 Å². The highest BCUT2D eigenvalue weighted by molar-refractivity contribution is 6.30. The molecule has 162 valence electrons. The number of nitrogens with one attached hydrogen (secondary N) is 2. The molecule has 0 saturated heterocycles. The molecule has 3 aromatic rings. The first-order valence-corrected chi connectivity index (χ1v) is 10.0. The molecule has 0 aliphatic heterocycles. The third kappa shape index (κ3) is 5.03. The van der Waals surface area contributed by atoms with Crippen LogP contribution in [0.25, 0.3) is 10.9 Å². The summed E-state index contributed by atoms with van der Waals surface area (Å²) in [6, 6.07) is 10.9. The van der Waals surface area contributed by atoms with Crippen molar-refractivity contribution in [1.82, 2.24) is 14.8 Å². The number of para-hydroxylation sites is 1. The van der Waals surface area contributed by atoms with Crippen molar-refractivity contribution in [3.63, 3.8) is 0 Å². The molecule has 0 unspecified atom stereocenters. The van der Waals surface area contributed by atoms with Gasteiger partial charge in [-0.25, -0.2) is 9.18 Å². The topological polar surface area (TPSA) is 83.4 Å². The minimum Gasteiger partial charge on any atom is -0.350 e. The number of aromatic nitrogens is 1. The number of halogens is 2. The first-order valence-electron chi connectivity index (χ1n) is 9.64. The fraction of sp³-hybridized carbons (Fsp3) is 0.227. The van der Waals surface area contributed by atoms with Gasteiger partial charge in [-0.15, -0.1) is 0 Å². The Kier molecular flexibility index (Phi) is 6.91. The number of carbonyl (C=O) groups excluding carboxylic acids is 3. The minimum absolute atomic E-state index is 0.0237. The molecule has 0 bridgehead atoms. The highest BCUT2D eigenvalue weighted by Crippen LogP contribution is 2.25. The van der Waals surface area contributed by atoms with Gasteiger partial charge >= 0.3 is 6.03 Å². The van der Waals surface area contributed by atoms with Gasteiger partial charge in [0.2, 0.25) is 12.3 Å². The van der Waals surface area contributed by atoms with E-state index in [2.05, 4.69) is 10.6 Å². The standard InChI is InChI=1S/C22H22ClFN4O3/c1-14(2)28(12-20(30)25-10-15-6-5-8-17(23)21(15)24)22(31)26-18-11-27(13-29)19-9-4-3-7-16(18)19/h3-9,11,13-14H,10,12H2,1-2H3,(H,25,30)(H,26,31). The van der Waals surface area contributed by atoms with E-state index in [-0.39, 0.29) is 29.7 Å². The van der Waals surface area contributed by atoms with E-state index in [0.717, 1.165) is 0 Å². The molecule has 31 heavy (non-hydrogen) atoms. The Morgan fingerprint density at radius 2 is 1.94 bits per heavy atom. The largest absolute Gasteiger partial charge is 0.350 e. The van der Waals surface area contributed by atoms with E-state index < -0.39 is 17.8 Å². The molecule has 0 saturated carbocycles. The molecule has 1 aromatic heterocycles. The monoisotopic (exact) mass is 444 g/mol. The second kappa shape index (κ2) is 9.61. The van der Waals surface area contributed by atoms with Gasteiger partial charge in [0.05, 0.1) is 16.2 Å². The molecule has 0 aliphatic rings. The molecule has 2 aromatic carbocycles. The van der Waals surface area contributed by atoms with Crippen molar-refractivity contribution < 1.29 is 18.8 Å². The van der Waals surface area contributed by atoms with Gasteiger partial charge < -0.3 is 15.5 Å². The quantitative estimate of drug-likeness (QED) is 0.540. The third-order valence-electron chi connectivity index (χ3n) is 4.80. The Morgan fingerprint density at radius 1 is 1.19 bits per heavy atom. The van der Waals surface area contributed by atoms with Crippen LogP contribution in [0.1, 0.15) is 19.4 Å². The summed E-state index contributed by atoms with van der Waals surface area (Å²) in [5.74, 6) is -1.03. The number of anilines is 1. The van der Waals surface area contributed by atoms with Crippen molar-refractivity contribution in [1.29, 1.82) is 0 Å². The Balaban J connectivity index is 1.69.